The predicted molar refractivity (Wildman–Crippen MR) is 116 cm³/mol. The zero-order valence-corrected chi connectivity index (χ0v) is 17.4. The van der Waals surface area contributed by atoms with Gasteiger partial charge < -0.3 is 0 Å². The van der Waals surface area contributed by atoms with E-state index in [0.29, 0.717) is 5.02 Å². The first-order valence-corrected chi connectivity index (χ1v) is 10.5. The van der Waals surface area contributed by atoms with Crippen LogP contribution < -0.4 is 0 Å². The second kappa shape index (κ2) is 8.30. The van der Waals surface area contributed by atoms with Gasteiger partial charge in [0.15, 0.2) is 11.0 Å². The number of hydrogen-bond donors (Lipinski definition) is 0. The molecule has 3 nitrogen and oxygen atoms in total. The fourth-order valence-electron chi connectivity index (χ4n) is 2.69. The standard InChI is InChI=1S/C21H15BrClN3S/c22-17-8-6-15(7-9-17)14-27-21-25-24-20(16-4-2-1-3-5-16)26(21)19-12-10-18(23)11-13-19/h1-13H,14H2. The van der Waals surface area contributed by atoms with Crippen molar-refractivity contribution in [3.8, 4) is 17.1 Å². The van der Waals surface area contributed by atoms with Crippen LogP contribution in [0.25, 0.3) is 17.1 Å². The van der Waals surface area contributed by atoms with Crippen molar-refractivity contribution < 1.29 is 0 Å². The highest BCUT2D eigenvalue weighted by atomic mass is 79.9. The Labute approximate surface area is 175 Å². The largest absolute Gasteiger partial charge is 0.270 e. The summed E-state index contributed by atoms with van der Waals surface area (Å²) >= 11 is 11.2. The molecule has 0 aliphatic carbocycles. The molecule has 0 amide bonds. The quantitative estimate of drug-likeness (QED) is 0.315. The van der Waals surface area contributed by atoms with E-state index >= 15 is 0 Å². The maximum Gasteiger partial charge on any atom is 0.196 e. The molecule has 0 N–H and O–H groups in total. The molecule has 1 heterocycles. The van der Waals surface area contributed by atoms with E-state index in [1.54, 1.807) is 11.8 Å². The molecule has 0 saturated carbocycles. The van der Waals surface area contributed by atoms with E-state index in [9.17, 15) is 0 Å². The first-order chi connectivity index (χ1) is 13.2. The molecule has 0 bridgehead atoms. The molecule has 0 fully saturated rings. The van der Waals surface area contributed by atoms with Crippen LogP contribution in [0.15, 0.2) is 88.5 Å². The van der Waals surface area contributed by atoms with Crippen LogP contribution in [0.2, 0.25) is 5.02 Å². The number of hydrogen-bond acceptors (Lipinski definition) is 3. The van der Waals surface area contributed by atoms with Gasteiger partial charge in [-0.2, -0.15) is 0 Å². The van der Waals surface area contributed by atoms with Gasteiger partial charge in [-0.15, -0.1) is 10.2 Å². The average molecular weight is 457 g/mol. The Bertz CT molecular complexity index is 1030. The summed E-state index contributed by atoms with van der Waals surface area (Å²) in [4.78, 5) is 0. The third-order valence-electron chi connectivity index (χ3n) is 4.03. The highest BCUT2D eigenvalue weighted by Gasteiger charge is 2.16. The zero-order chi connectivity index (χ0) is 18.6. The SMILES string of the molecule is Clc1ccc(-n2c(SCc3ccc(Br)cc3)nnc2-c2ccccc2)cc1. The van der Waals surface area contributed by atoms with Gasteiger partial charge in [0.05, 0.1) is 0 Å². The van der Waals surface area contributed by atoms with Gasteiger partial charge in [-0.1, -0.05) is 81.8 Å². The number of aromatic nitrogens is 3. The number of benzene rings is 3. The summed E-state index contributed by atoms with van der Waals surface area (Å²) in [6.07, 6.45) is 0. The first kappa shape index (κ1) is 18.3. The van der Waals surface area contributed by atoms with Crippen LogP contribution >= 0.6 is 39.3 Å². The summed E-state index contributed by atoms with van der Waals surface area (Å²) in [7, 11) is 0. The second-order valence-electron chi connectivity index (χ2n) is 5.90. The highest BCUT2D eigenvalue weighted by Crippen LogP contribution is 2.30. The van der Waals surface area contributed by atoms with Crippen LogP contribution in [0, 0.1) is 0 Å². The Morgan fingerprint density at radius 1 is 0.852 bits per heavy atom. The summed E-state index contributed by atoms with van der Waals surface area (Å²) in [6, 6.07) is 26.2. The molecule has 0 aliphatic rings. The van der Waals surface area contributed by atoms with Gasteiger partial charge in [0.25, 0.3) is 0 Å². The summed E-state index contributed by atoms with van der Waals surface area (Å²) in [5.41, 5.74) is 3.24. The lowest BCUT2D eigenvalue weighted by Gasteiger charge is -2.10. The van der Waals surface area contributed by atoms with Crippen molar-refractivity contribution in [3.05, 3.63) is 93.9 Å². The third-order valence-corrected chi connectivity index (χ3v) is 5.81. The van der Waals surface area contributed by atoms with Crippen molar-refractivity contribution in [1.82, 2.24) is 14.8 Å². The van der Waals surface area contributed by atoms with E-state index in [-0.39, 0.29) is 0 Å². The fourth-order valence-corrected chi connectivity index (χ4v) is 3.99. The molecule has 0 radical (unpaired) electrons. The van der Waals surface area contributed by atoms with E-state index in [2.05, 4.69) is 55.0 Å². The molecule has 1 aromatic heterocycles. The van der Waals surface area contributed by atoms with Crippen LogP contribution in [0.1, 0.15) is 5.56 Å². The van der Waals surface area contributed by atoms with Gasteiger partial charge >= 0.3 is 0 Å². The molecular formula is C21H15BrClN3S. The molecule has 4 aromatic rings. The van der Waals surface area contributed by atoms with Gasteiger partial charge in [0.1, 0.15) is 0 Å². The molecule has 6 heteroatoms. The van der Waals surface area contributed by atoms with Crippen molar-refractivity contribution in [2.24, 2.45) is 0 Å². The molecule has 0 aliphatic heterocycles. The molecule has 4 rings (SSSR count). The lowest BCUT2D eigenvalue weighted by Crippen LogP contribution is -1.99. The predicted octanol–water partition coefficient (Wildman–Crippen LogP) is 6.64. The molecular weight excluding hydrogens is 442 g/mol. The highest BCUT2D eigenvalue weighted by molar-refractivity contribution is 9.10. The monoisotopic (exact) mass is 455 g/mol. The van der Waals surface area contributed by atoms with Gasteiger partial charge in [-0.25, -0.2) is 0 Å². The van der Waals surface area contributed by atoms with Crippen molar-refractivity contribution in [1.29, 1.82) is 0 Å². The molecule has 3 aromatic carbocycles. The Balaban J connectivity index is 1.71. The van der Waals surface area contributed by atoms with E-state index < -0.39 is 0 Å². The average Bonchev–Trinajstić information content (AvgIpc) is 3.13. The Hall–Kier alpha value is -2.08. The van der Waals surface area contributed by atoms with Crippen LogP contribution in [0.5, 0.6) is 0 Å². The normalized spacial score (nSPS) is 10.9. The second-order valence-corrected chi connectivity index (χ2v) is 8.19. The molecule has 0 spiro atoms. The Kier molecular flexibility index (Phi) is 5.62. The summed E-state index contributed by atoms with van der Waals surface area (Å²) < 4.78 is 3.15. The van der Waals surface area contributed by atoms with Gasteiger partial charge in [-0.05, 0) is 42.0 Å². The number of rotatable bonds is 5. The minimum Gasteiger partial charge on any atom is -0.270 e. The van der Waals surface area contributed by atoms with Crippen LogP contribution in [-0.2, 0) is 5.75 Å². The maximum absolute atomic E-state index is 6.07. The number of thioether (sulfide) groups is 1. The topological polar surface area (TPSA) is 30.7 Å². The molecule has 27 heavy (non-hydrogen) atoms. The van der Waals surface area contributed by atoms with E-state index in [1.807, 2.05) is 54.6 Å². The molecule has 0 unspecified atom stereocenters. The molecule has 0 atom stereocenters. The third kappa shape index (κ3) is 4.26. The van der Waals surface area contributed by atoms with Gasteiger partial charge in [-0.3, -0.25) is 4.57 Å². The van der Waals surface area contributed by atoms with Gasteiger partial charge in [0, 0.05) is 26.5 Å². The van der Waals surface area contributed by atoms with Crippen molar-refractivity contribution in [3.63, 3.8) is 0 Å². The molecule has 0 saturated heterocycles. The lowest BCUT2D eigenvalue weighted by atomic mass is 10.2. The minimum atomic E-state index is 0.706. The van der Waals surface area contributed by atoms with E-state index in [4.69, 9.17) is 11.6 Å². The van der Waals surface area contributed by atoms with E-state index in [0.717, 1.165) is 32.5 Å². The first-order valence-electron chi connectivity index (χ1n) is 8.35. The van der Waals surface area contributed by atoms with Gasteiger partial charge in [0.2, 0.25) is 0 Å². The molecule has 134 valence electrons. The van der Waals surface area contributed by atoms with Crippen LogP contribution in [0.3, 0.4) is 0 Å². The number of halogens is 2. The minimum absolute atomic E-state index is 0.706. The lowest BCUT2D eigenvalue weighted by molar-refractivity contribution is 0.886. The van der Waals surface area contributed by atoms with Crippen molar-refractivity contribution in [2.45, 2.75) is 10.9 Å². The number of nitrogens with zero attached hydrogens (tertiary/aromatic N) is 3. The van der Waals surface area contributed by atoms with Crippen LogP contribution in [0.4, 0.5) is 0 Å². The fraction of sp³-hybridized carbons (Fsp3) is 0.0476. The van der Waals surface area contributed by atoms with E-state index in [1.165, 1.54) is 5.56 Å². The van der Waals surface area contributed by atoms with Crippen LogP contribution in [-0.4, -0.2) is 14.8 Å². The summed E-state index contributed by atoms with van der Waals surface area (Å²) in [5, 5.41) is 10.5. The summed E-state index contributed by atoms with van der Waals surface area (Å²) in [5.74, 6) is 1.63. The van der Waals surface area contributed by atoms with Crippen molar-refractivity contribution in [2.75, 3.05) is 0 Å². The Morgan fingerprint density at radius 2 is 1.56 bits per heavy atom. The Morgan fingerprint density at radius 3 is 2.26 bits per heavy atom. The smallest absolute Gasteiger partial charge is 0.196 e. The summed E-state index contributed by atoms with van der Waals surface area (Å²) in [6.45, 7) is 0. The maximum atomic E-state index is 6.07. The van der Waals surface area contributed by atoms with Crippen molar-refractivity contribution >= 4 is 39.3 Å². The zero-order valence-electron chi connectivity index (χ0n) is 14.2.